The van der Waals surface area contributed by atoms with Crippen LogP contribution >= 0.6 is 11.8 Å². The van der Waals surface area contributed by atoms with Crippen molar-refractivity contribution < 1.29 is 34.5 Å². The van der Waals surface area contributed by atoms with Crippen molar-refractivity contribution in [2.75, 3.05) is 25.4 Å². The first-order valence-corrected chi connectivity index (χ1v) is 14.8. The van der Waals surface area contributed by atoms with Crippen molar-refractivity contribution in [3.05, 3.63) is 53.6 Å². The number of thioether (sulfide) groups is 1. The minimum atomic E-state index is -1.06. The molecular weight excluding hydrogens is 562 g/mol. The molecular formula is C29H39N5O7S. The van der Waals surface area contributed by atoms with Gasteiger partial charge in [-0.25, -0.2) is 0 Å². The molecule has 2 heterocycles. The van der Waals surface area contributed by atoms with Gasteiger partial charge in [0.1, 0.15) is 0 Å². The van der Waals surface area contributed by atoms with Gasteiger partial charge in [-0.2, -0.15) is 0 Å². The summed E-state index contributed by atoms with van der Waals surface area (Å²) in [7, 11) is 0. The Kier molecular flexibility index (Phi) is 12.5. The van der Waals surface area contributed by atoms with E-state index in [2.05, 4.69) is 28.8 Å². The fourth-order valence-electron chi connectivity index (χ4n) is 4.36. The molecule has 42 heavy (non-hydrogen) atoms. The van der Waals surface area contributed by atoms with Crippen LogP contribution in [0.1, 0.15) is 37.3 Å². The van der Waals surface area contributed by atoms with E-state index in [-0.39, 0.29) is 56.8 Å². The summed E-state index contributed by atoms with van der Waals surface area (Å²) >= 11 is 1.43. The number of aliphatic hydroxyl groups is 1. The SMILES string of the molecule is CC(N)Cc1cccc(CCCSc2cc(O)n(CCC(=O)NCC(O)CNC(=O)CCN3C(=O)C=CC3=O)c2O)c1. The molecule has 7 N–H and O–H groups in total. The Balaban J connectivity index is 1.32. The maximum absolute atomic E-state index is 12.3. The summed E-state index contributed by atoms with van der Waals surface area (Å²) in [6.45, 7) is 1.70. The normalized spacial score (nSPS) is 14.3. The average Bonchev–Trinajstić information content (AvgIpc) is 3.41. The quantitative estimate of drug-likeness (QED) is 0.0867. The number of benzene rings is 1. The largest absolute Gasteiger partial charge is 0.494 e. The lowest BCUT2D eigenvalue weighted by Crippen LogP contribution is -2.41. The Hall–Kier alpha value is -3.81. The van der Waals surface area contributed by atoms with Crippen LogP contribution in [0.2, 0.25) is 0 Å². The number of aromatic hydroxyl groups is 2. The first-order valence-electron chi connectivity index (χ1n) is 13.9. The van der Waals surface area contributed by atoms with Crippen LogP contribution in [-0.2, 0) is 38.6 Å². The van der Waals surface area contributed by atoms with Crippen LogP contribution in [0, 0.1) is 0 Å². The van der Waals surface area contributed by atoms with Crippen molar-refractivity contribution in [3.63, 3.8) is 0 Å². The highest BCUT2D eigenvalue weighted by Gasteiger charge is 2.23. The zero-order valence-electron chi connectivity index (χ0n) is 23.6. The van der Waals surface area contributed by atoms with Crippen LogP contribution in [0.25, 0.3) is 0 Å². The van der Waals surface area contributed by atoms with Gasteiger partial charge in [-0.3, -0.25) is 28.6 Å². The van der Waals surface area contributed by atoms with Gasteiger partial charge in [-0.05, 0) is 43.1 Å². The van der Waals surface area contributed by atoms with Crippen molar-refractivity contribution in [3.8, 4) is 11.8 Å². The number of carbonyl (C=O) groups is 4. The van der Waals surface area contributed by atoms with Gasteiger partial charge >= 0.3 is 0 Å². The van der Waals surface area contributed by atoms with Crippen molar-refractivity contribution in [2.24, 2.45) is 5.73 Å². The molecule has 0 spiro atoms. The highest BCUT2D eigenvalue weighted by atomic mass is 32.2. The number of nitrogens with one attached hydrogen (secondary N) is 2. The Morgan fingerprint density at radius 1 is 0.976 bits per heavy atom. The van der Waals surface area contributed by atoms with Crippen LogP contribution in [-0.4, -0.2) is 85.9 Å². The molecule has 13 heteroatoms. The summed E-state index contributed by atoms with van der Waals surface area (Å²) < 4.78 is 1.25. The third-order valence-electron chi connectivity index (χ3n) is 6.52. The number of nitrogens with zero attached hydrogens (tertiary/aromatic N) is 2. The van der Waals surface area contributed by atoms with Gasteiger partial charge in [0.2, 0.25) is 17.7 Å². The van der Waals surface area contributed by atoms with Gasteiger partial charge in [0.15, 0.2) is 5.88 Å². The first kappa shape index (κ1) is 32.7. The molecule has 4 amide bonds. The number of nitrogens with two attached hydrogens (primary N) is 1. The summed E-state index contributed by atoms with van der Waals surface area (Å²) in [6.07, 6.45) is 3.63. The van der Waals surface area contributed by atoms with Crippen LogP contribution in [0.3, 0.4) is 0 Å². The number of imide groups is 1. The zero-order chi connectivity index (χ0) is 30.6. The van der Waals surface area contributed by atoms with Crippen LogP contribution in [0.5, 0.6) is 11.8 Å². The van der Waals surface area contributed by atoms with Gasteiger partial charge in [0.25, 0.3) is 11.8 Å². The molecule has 228 valence electrons. The number of hydrogen-bond acceptors (Lipinski definition) is 9. The summed E-state index contributed by atoms with van der Waals surface area (Å²) in [6, 6.07) is 9.92. The summed E-state index contributed by atoms with van der Waals surface area (Å²) in [5, 5.41) is 35.9. The second kappa shape index (κ2) is 16.0. The Morgan fingerprint density at radius 2 is 1.60 bits per heavy atom. The average molecular weight is 602 g/mol. The van der Waals surface area contributed by atoms with Crippen molar-refractivity contribution >= 4 is 35.4 Å². The Morgan fingerprint density at radius 3 is 2.24 bits per heavy atom. The van der Waals surface area contributed by atoms with E-state index >= 15 is 0 Å². The number of rotatable bonds is 17. The van der Waals surface area contributed by atoms with E-state index in [9.17, 15) is 34.5 Å². The second-order valence-electron chi connectivity index (χ2n) is 10.2. The number of aryl methyl sites for hydroxylation is 1. The third kappa shape index (κ3) is 10.2. The summed E-state index contributed by atoms with van der Waals surface area (Å²) in [5.74, 6) is -1.34. The van der Waals surface area contributed by atoms with E-state index in [1.165, 1.54) is 33.5 Å². The minimum Gasteiger partial charge on any atom is -0.494 e. The maximum Gasteiger partial charge on any atom is 0.253 e. The van der Waals surface area contributed by atoms with E-state index in [1.807, 2.05) is 13.0 Å². The number of aromatic nitrogens is 1. The van der Waals surface area contributed by atoms with E-state index in [4.69, 9.17) is 5.73 Å². The van der Waals surface area contributed by atoms with Gasteiger partial charge < -0.3 is 31.7 Å². The molecule has 2 aromatic rings. The highest BCUT2D eigenvalue weighted by Crippen LogP contribution is 2.36. The lowest BCUT2D eigenvalue weighted by atomic mass is 10.0. The Bertz CT molecular complexity index is 1280. The van der Waals surface area contributed by atoms with Crippen LogP contribution in [0.15, 0.2) is 47.4 Å². The smallest absolute Gasteiger partial charge is 0.253 e. The van der Waals surface area contributed by atoms with Gasteiger partial charge in [0, 0.05) is 63.3 Å². The van der Waals surface area contributed by atoms with Crippen molar-refractivity contribution in [1.82, 2.24) is 20.1 Å². The number of aliphatic hydroxyl groups excluding tert-OH is 1. The van der Waals surface area contributed by atoms with E-state index in [0.29, 0.717) is 4.90 Å². The van der Waals surface area contributed by atoms with E-state index < -0.39 is 29.7 Å². The van der Waals surface area contributed by atoms with Gasteiger partial charge in [-0.15, -0.1) is 11.8 Å². The molecule has 1 aliphatic heterocycles. The predicted molar refractivity (Wildman–Crippen MR) is 158 cm³/mol. The maximum atomic E-state index is 12.3. The fourth-order valence-corrected chi connectivity index (χ4v) is 5.30. The third-order valence-corrected chi connectivity index (χ3v) is 7.63. The molecule has 2 atom stereocenters. The molecule has 1 aromatic heterocycles. The highest BCUT2D eigenvalue weighted by molar-refractivity contribution is 7.99. The second-order valence-corrected chi connectivity index (χ2v) is 11.4. The molecule has 0 saturated carbocycles. The van der Waals surface area contributed by atoms with Gasteiger partial charge in [-0.1, -0.05) is 24.3 Å². The molecule has 0 bridgehead atoms. The van der Waals surface area contributed by atoms with Crippen LogP contribution < -0.4 is 16.4 Å². The fraction of sp³-hybridized carbons (Fsp3) is 0.448. The molecule has 0 aliphatic carbocycles. The predicted octanol–water partition coefficient (Wildman–Crippen LogP) is 0.812. The van der Waals surface area contributed by atoms with Crippen molar-refractivity contribution in [2.45, 2.75) is 62.6 Å². The molecule has 0 saturated heterocycles. The molecule has 1 aromatic carbocycles. The lowest BCUT2D eigenvalue weighted by Gasteiger charge is -2.15. The Labute approximate surface area is 248 Å². The summed E-state index contributed by atoms with van der Waals surface area (Å²) in [5.41, 5.74) is 8.33. The number of carbonyl (C=O) groups excluding carboxylic acids is 4. The van der Waals surface area contributed by atoms with Crippen molar-refractivity contribution in [1.29, 1.82) is 0 Å². The molecule has 2 unspecified atom stereocenters. The molecule has 0 fully saturated rings. The van der Waals surface area contributed by atoms with E-state index in [0.717, 1.165) is 42.1 Å². The summed E-state index contributed by atoms with van der Waals surface area (Å²) in [4.78, 5) is 48.7. The number of amides is 4. The molecule has 0 radical (unpaired) electrons. The standard InChI is InChI=1S/C29H39N5O7S/c1-19(30)14-21-5-2-4-20(15-21)6-3-13-42-23-16-28(40)34(29(23)41)12-10-25(37)32-18-22(35)17-31-24(36)9-11-33-26(38)7-8-27(33)39/h2,4-5,7-8,15-16,19,22,35,40-41H,3,6,9-14,17-18,30H2,1H3,(H,31,36)(H,32,37). The monoisotopic (exact) mass is 601 g/mol. The lowest BCUT2D eigenvalue weighted by molar-refractivity contribution is -0.137. The van der Waals surface area contributed by atoms with Crippen LogP contribution in [0.4, 0.5) is 0 Å². The number of hydrogen-bond donors (Lipinski definition) is 6. The first-order chi connectivity index (χ1) is 20.0. The zero-order valence-corrected chi connectivity index (χ0v) is 24.4. The molecule has 1 aliphatic rings. The molecule has 12 nitrogen and oxygen atoms in total. The topological polar surface area (TPSA) is 187 Å². The van der Waals surface area contributed by atoms with Gasteiger partial charge in [0.05, 0.1) is 11.0 Å². The van der Waals surface area contributed by atoms with E-state index in [1.54, 1.807) is 0 Å². The molecule has 3 rings (SSSR count). The minimum absolute atomic E-state index is 0.0338.